The van der Waals surface area contributed by atoms with E-state index >= 15 is 0 Å². The molecule has 0 bridgehead atoms. The Balaban J connectivity index is 2.14. The fourth-order valence-corrected chi connectivity index (χ4v) is 5.04. The largest absolute Gasteiger partial charge is 0.445 e. The summed E-state index contributed by atoms with van der Waals surface area (Å²) in [6.07, 6.45) is 0.176. The quantitative estimate of drug-likeness (QED) is 0.145. The Morgan fingerprint density at radius 2 is 1.36 bits per heavy atom. The number of aliphatic hydroxyl groups excluding tert-OH is 1. The molecule has 0 spiro atoms. The van der Waals surface area contributed by atoms with E-state index in [1.165, 1.54) is 6.92 Å². The average Bonchev–Trinajstić information content (AvgIpc) is 3.04. The fourth-order valence-electron chi connectivity index (χ4n) is 5.04. The molecule has 4 amide bonds. The first-order valence-electron chi connectivity index (χ1n) is 16.4. The first-order valence-corrected chi connectivity index (χ1v) is 16.4. The lowest BCUT2D eigenvalue weighted by Crippen LogP contribution is -2.55. The highest BCUT2D eigenvalue weighted by Gasteiger charge is 2.33. The summed E-state index contributed by atoms with van der Waals surface area (Å²) >= 11 is 0. The molecule has 0 fully saturated rings. The smallest absolute Gasteiger partial charge is 0.408 e. The number of alkyl carbamates (subject to hydrolysis) is 1. The van der Waals surface area contributed by atoms with Crippen molar-refractivity contribution in [2.24, 2.45) is 17.8 Å². The molecule has 5 N–H and O–H groups in total. The number of carbonyl (C=O) groups is 5. The maximum atomic E-state index is 13.6. The highest BCUT2D eigenvalue weighted by molar-refractivity contribution is 5.90. The van der Waals surface area contributed by atoms with E-state index < -0.39 is 60.0 Å². The number of hydrogen-bond donors (Lipinski definition) is 5. The molecule has 3 unspecified atom stereocenters. The van der Waals surface area contributed by atoms with Crippen LogP contribution in [0, 0.1) is 17.8 Å². The molecule has 0 aliphatic rings. The summed E-state index contributed by atoms with van der Waals surface area (Å²) in [4.78, 5) is 63.7. The second kappa shape index (κ2) is 20.1. The van der Waals surface area contributed by atoms with Gasteiger partial charge in [0.25, 0.3) is 0 Å². The molecule has 258 valence electrons. The second-order valence-electron chi connectivity index (χ2n) is 12.7. The van der Waals surface area contributed by atoms with Crippen LogP contribution in [0.15, 0.2) is 60.7 Å². The summed E-state index contributed by atoms with van der Waals surface area (Å²) in [7, 11) is 0. The minimum absolute atomic E-state index is 0.0216. The van der Waals surface area contributed by atoms with E-state index in [2.05, 4.69) is 21.3 Å². The standard InChI is InChI=1S/C36H52N4O7/c1-7-14-28(34(44)40-32(24(4)5)35(45)39-30(21-41)23(2)3)20-31(42)29(19-26-15-10-8-11-16-26)38-33(43)25(6)37-36(46)47-22-27-17-12-9-13-18-27/h8-13,15-18,21,23-25,28-32,42H,7,14,19-20,22H2,1-6H3,(H,37,46)(H,38,43)(H,39,45)(H,40,44)/t25-,28?,29?,30+,31?,32-/m0/s1. The van der Waals surface area contributed by atoms with Crippen LogP contribution in [0.2, 0.25) is 0 Å². The molecular formula is C36H52N4O7. The van der Waals surface area contributed by atoms with Crippen molar-refractivity contribution >= 4 is 30.1 Å². The molecule has 6 atom stereocenters. The first kappa shape index (κ1) is 38.9. The lowest BCUT2D eigenvalue weighted by Gasteiger charge is -2.30. The van der Waals surface area contributed by atoms with Gasteiger partial charge in [-0.3, -0.25) is 14.4 Å². The van der Waals surface area contributed by atoms with Gasteiger partial charge < -0.3 is 35.9 Å². The second-order valence-corrected chi connectivity index (χ2v) is 12.7. The zero-order valence-electron chi connectivity index (χ0n) is 28.4. The van der Waals surface area contributed by atoms with Crippen LogP contribution < -0.4 is 21.3 Å². The molecular weight excluding hydrogens is 600 g/mol. The Morgan fingerprint density at radius 1 is 0.766 bits per heavy atom. The van der Waals surface area contributed by atoms with Crippen LogP contribution in [0.1, 0.15) is 71.9 Å². The van der Waals surface area contributed by atoms with E-state index in [1.807, 2.05) is 81.4 Å². The Labute approximate surface area is 278 Å². The average molecular weight is 653 g/mol. The van der Waals surface area contributed by atoms with Crippen LogP contribution in [0.4, 0.5) is 4.79 Å². The van der Waals surface area contributed by atoms with E-state index in [1.54, 1.807) is 13.8 Å². The molecule has 11 nitrogen and oxygen atoms in total. The van der Waals surface area contributed by atoms with Gasteiger partial charge in [-0.25, -0.2) is 4.79 Å². The number of aliphatic hydroxyl groups is 1. The predicted octanol–water partition coefficient (Wildman–Crippen LogP) is 3.68. The zero-order valence-corrected chi connectivity index (χ0v) is 28.4. The van der Waals surface area contributed by atoms with Gasteiger partial charge in [0.1, 0.15) is 25.0 Å². The van der Waals surface area contributed by atoms with Crippen LogP contribution in [0.5, 0.6) is 0 Å². The van der Waals surface area contributed by atoms with Crippen molar-refractivity contribution in [3.8, 4) is 0 Å². The van der Waals surface area contributed by atoms with Crippen molar-refractivity contribution in [3.05, 3.63) is 71.8 Å². The normalized spacial score (nSPS) is 15.0. The summed E-state index contributed by atoms with van der Waals surface area (Å²) in [6.45, 7) is 10.7. The molecule has 0 saturated heterocycles. The minimum Gasteiger partial charge on any atom is -0.445 e. The SMILES string of the molecule is CCCC(CC(O)C(Cc1ccccc1)NC(=O)[C@H](C)NC(=O)OCc1ccccc1)C(=O)N[C@H](C(=O)N[C@H](C=O)C(C)C)C(C)C. The van der Waals surface area contributed by atoms with Gasteiger partial charge >= 0.3 is 6.09 Å². The summed E-state index contributed by atoms with van der Waals surface area (Å²) < 4.78 is 5.24. The van der Waals surface area contributed by atoms with E-state index in [4.69, 9.17) is 4.74 Å². The fraction of sp³-hybridized carbons (Fsp3) is 0.528. The summed E-state index contributed by atoms with van der Waals surface area (Å²) in [5, 5.41) is 22.4. The Hall–Kier alpha value is -4.25. The van der Waals surface area contributed by atoms with Gasteiger partial charge in [0, 0.05) is 5.92 Å². The highest BCUT2D eigenvalue weighted by Crippen LogP contribution is 2.20. The molecule has 0 saturated carbocycles. The van der Waals surface area contributed by atoms with Crippen molar-refractivity contribution in [1.82, 2.24) is 21.3 Å². The summed E-state index contributed by atoms with van der Waals surface area (Å²) in [5.41, 5.74) is 1.67. The lowest BCUT2D eigenvalue weighted by molar-refractivity contribution is -0.134. The Bertz CT molecular complexity index is 1270. The molecule has 2 rings (SSSR count). The molecule has 0 aromatic heterocycles. The number of nitrogens with one attached hydrogen (secondary N) is 4. The van der Waals surface area contributed by atoms with Crippen molar-refractivity contribution in [2.45, 2.75) is 104 Å². The zero-order chi connectivity index (χ0) is 34.9. The van der Waals surface area contributed by atoms with E-state index in [9.17, 15) is 29.1 Å². The van der Waals surface area contributed by atoms with E-state index in [0.717, 1.165) is 11.1 Å². The Kier molecular flexibility index (Phi) is 16.6. The number of amides is 4. The summed E-state index contributed by atoms with van der Waals surface area (Å²) in [6, 6.07) is 15.2. The third-order valence-corrected chi connectivity index (χ3v) is 7.99. The van der Waals surface area contributed by atoms with Gasteiger partial charge in [-0.15, -0.1) is 0 Å². The van der Waals surface area contributed by atoms with Crippen molar-refractivity contribution in [3.63, 3.8) is 0 Å². The van der Waals surface area contributed by atoms with E-state index in [-0.39, 0.29) is 31.3 Å². The molecule has 2 aromatic carbocycles. The van der Waals surface area contributed by atoms with Crippen LogP contribution >= 0.6 is 0 Å². The molecule has 0 heterocycles. The van der Waals surface area contributed by atoms with Crippen molar-refractivity contribution in [2.75, 3.05) is 0 Å². The summed E-state index contributed by atoms with van der Waals surface area (Å²) in [5.74, 6) is -2.40. The molecule has 11 heteroatoms. The number of benzene rings is 2. The maximum Gasteiger partial charge on any atom is 0.408 e. The van der Waals surface area contributed by atoms with Crippen molar-refractivity contribution in [1.29, 1.82) is 0 Å². The number of rotatable bonds is 19. The van der Waals surface area contributed by atoms with Crippen LogP contribution in [-0.2, 0) is 36.9 Å². The van der Waals surface area contributed by atoms with Crippen molar-refractivity contribution < 1.29 is 33.8 Å². The third-order valence-electron chi connectivity index (χ3n) is 7.99. The predicted molar refractivity (Wildman–Crippen MR) is 180 cm³/mol. The van der Waals surface area contributed by atoms with E-state index in [0.29, 0.717) is 19.1 Å². The van der Waals surface area contributed by atoms with Crippen LogP contribution in [-0.4, -0.2) is 65.5 Å². The molecule has 0 radical (unpaired) electrons. The Morgan fingerprint density at radius 3 is 1.89 bits per heavy atom. The molecule has 2 aromatic rings. The molecule has 0 aliphatic heterocycles. The van der Waals surface area contributed by atoms with Gasteiger partial charge in [-0.05, 0) is 49.1 Å². The number of hydrogen-bond acceptors (Lipinski definition) is 7. The minimum atomic E-state index is -1.13. The van der Waals surface area contributed by atoms with Gasteiger partial charge in [-0.2, -0.15) is 0 Å². The van der Waals surface area contributed by atoms with Gasteiger partial charge in [0.05, 0.1) is 18.2 Å². The highest BCUT2D eigenvalue weighted by atomic mass is 16.5. The first-order chi connectivity index (χ1) is 22.4. The molecule has 0 aliphatic carbocycles. The maximum absolute atomic E-state index is 13.6. The molecule has 47 heavy (non-hydrogen) atoms. The monoisotopic (exact) mass is 652 g/mol. The van der Waals surface area contributed by atoms with Crippen LogP contribution in [0.25, 0.3) is 0 Å². The van der Waals surface area contributed by atoms with Gasteiger partial charge in [0.2, 0.25) is 17.7 Å². The van der Waals surface area contributed by atoms with Gasteiger partial charge in [0.15, 0.2) is 0 Å². The van der Waals surface area contributed by atoms with Gasteiger partial charge in [-0.1, -0.05) is 102 Å². The lowest BCUT2D eigenvalue weighted by atomic mass is 9.89. The third kappa shape index (κ3) is 13.6. The van der Waals surface area contributed by atoms with Crippen LogP contribution in [0.3, 0.4) is 0 Å². The number of carbonyl (C=O) groups excluding carboxylic acids is 5. The number of aldehydes is 1. The topological polar surface area (TPSA) is 163 Å². The number of ether oxygens (including phenoxy) is 1.